The predicted octanol–water partition coefficient (Wildman–Crippen LogP) is 3.01. The van der Waals surface area contributed by atoms with Gasteiger partial charge >= 0.3 is 27.5 Å². The van der Waals surface area contributed by atoms with Crippen molar-refractivity contribution in [3.63, 3.8) is 0 Å². The van der Waals surface area contributed by atoms with Crippen molar-refractivity contribution in [1.82, 2.24) is 4.98 Å². The van der Waals surface area contributed by atoms with Gasteiger partial charge in [-0.05, 0) is 39.0 Å². The summed E-state index contributed by atoms with van der Waals surface area (Å²) in [5.74, 6) is -2.15. The lowest BCUT2D eigenvalue weighted by molar-refractivity contribution is -0.153. The molecule has 0 aliphatic heterocycles. The van der Waals surface area contributed by atoms with Crippen molar-refractivity contribution in [3.05, 3.63) is 29.5 Å². The van der Waals surface area contributed by atoms with E-state index in [-0.39, 0.29) is 22.2 Å². The molecule has 0 saturated heterocycles. The van der Waals surface area contributed by atoms with Gasteiger partial charge in [0.2, 0.25) is 0 Å². The molecule has 1 aromatic carbocycles. The molecule has 1 aromatic heterocycles. The predicted molar refractivity (Wildman–Crippen MR) is 93.4 cm³/mol. The number of hydrogen-bond donors (Lipinski definition) is 3. The number of hydrogen-bond acceptors (Lipinski definition) is 5. The molecule has 0 atom stereocenters. The minimum Gasteiger partial charge on any atom is -0.477 e. The number of nitrogens with one attached hydrogen (secondary N) is 2. The summed E-state index contributed by atoms with van der Waals surface area (Å²) < 4.78 is 66.7. The number of benzene rings is 1. The Morgan fingerprint density at radius 1 is 1.21 bits per heavy atom. The first-order valence-electron chi connectivity index (χ1n) is 7.79. The third-order valence-corrected chi connectivity index (χ3v) is 4.53. The number of aromatic nitrogens is 1. The molecule has 0 bridgehead atoms. The fourth-order valence-corrected chi connectivity index (χ4v) is 2.97. The van der Waals surface area contributed by atoms with Crippen molar-refractivity contribution in [2.45, 2.75) is 38.3 Å². The molecule has 0 aliphatic carbocycles. The van der Waals surface area contributed by atoms with Crippen LogP contribution in [-0.2, 0) is 26.0 Å². The molecule has 2 rings (SSSR count). The second-order valence-electron chi connectivity index (χ2n) is 6.86. The van der Waals surface area contributed by atoms with Crippen LogP contribution in [0.25, 0.3) is 10.9 Å². The van der Waals surface area contributed by atoms with Crippen molar-refractivity contribution < 1.29 is 41.0 Å². The van der Waals surface area contributed by atoms with E-state index in [2.05, 4.69) is 4.98 Å². The largest absolute Gasteiger partial charge is 0.516 e. The number of rotatable bonds is 5. The van der Waals surface area contributed by atoms with Gasteiger partial charge in [-0.3, -0.25) is 9.52 Å². The van der Waals surface area contributed by atoms with Gasteiger partial charge in [-0.2, -0.15) is 21.6 Å². The number of H-pyrrole nitrogens is 1. The Bertz CT molecular complexity index is 1040. The fraction of sp³-hybridized carbons (Fsp3) is 0.375. The Morgan fingerprint density at radius 2 is 1.82 bits per heavy atom. The van der Waals surface area contributed by atoms with Crippen molar-refractivity contribution >= 4 is 38.6 Å². The standard InChI is InChI=1S/C16H17F3N2O6S/c1-15(2,3)27-12(22)7-10-9-6-8(21-28(25,26)16(17,18)19)4-5-11(9)20-13(10)14(23)24/h4-6,20-21H,7H2,1-3H3,(H,23,24). The average molecular weight is 422 g/mol. The number of aromatic carboxylic acids is 1. The van der Waals surface area contributed by atoms with Crippen LogP contribution < -0.4 is 4.72 Å². The number of carboxylic acid groups (broad SMARTS) is 1. The maximum absolute atomic E-state index is 12.6. The summed E-state index contributed by atoms with van der Waals surface area (Å²) in [4.78, 5) is 26.1. The number of fused-ring (bicyclic) bond motifs is 1. The van der Waals surface area contributed by atoms with Gasteiger partial charge in [-0.1, -0.05) is 0 Å². The molecular formula is C16H17F3N2O6S. The SMILES string of the molecule is CC(C)(C)OC(=O)Cc1c(C(=O)O)[nH]c2ccc(NS(=O)(=O)C(F)(F)F)cc12. The average Bonchev–Trinajstić information content (AvgIpc) is 2.82. The number of carboxylic acids is 1. The zero-order chi connectivity index (χ0) is 21.5. The van der Waals surface area contributed by atoms with E-state index in [1.165, 1.54) is 10.8 Å². The summed E-state index contributed by atoms with van der Waals surface area (Å²) in [6.07, 6.45) is -0.478. The minimum absolute atomic E-state index is 0.0372. The van der Waals surface area contributed by atoms with E-state index in [0.29, 0.717) is 0 Å². The zero-order valence-electron chi connectivity index (χ0n) is 15.0. The van der Waals surface area contributed by atoms with Crippen LogP contribution in [0.3, 0.4) is 0 Å². The van der Waals surface area contributed by atoms with Crippen LogP contribution in [0.5, 0.6) is 0 Å². The monoisotopic (exact) mass is 422 g/mol. The number of sulfonamides is 1. The van der Waals surface area contributed by atoms with Gasteiger partial charge in [0.15, 0.2) is 0 Å². The Hall–Kier alpha value is -2.76. The third-order valence-electron chi connectivity index (χ3n) is 3.42. The van der Waals surface area contributed by atoms with Gasteiger partial charge in [0.1, 0.15) is 11.3 Å². The first kappa shape index (κ1) is 21.5. The first-order chi connectivity index (χ1) is 12.6. The molecule has 0 spiro atoms. The van der Waals surface area contributed by atoms with E-state index < -0.39 is 45.2 Å². The van der Waals surface area contributed by atoms with Crippen molar-refractivity contribution in [1.29, 1.82) is 0 Å². The molecular weight excluding hydrogens is 405 g/mol. The van der Waals surface area contributed by atoms with Gasteiger partial charge < -0.3 is 14.8 Å². The van der Waals surface area contributed by atoms with Crippen LogP contribution in [0, 0.1) is 0 Å². The second kappa shape index (κ2) is 7.00. The number of ether oxygens (including phenoxy) is 1. The summed E-state index contributed by atoms with van der Waals surface area (Å²) >= 11 is 0. The van der Waals surface area contributed by atoms with Crippen molar-refractivity contribution in [2.24, 2.45) is 0 Å². The molecule has 154 valence electrons. The smallest absolute Gasteiger partial charge is 0.477 e. The third kappa shape index (κ3) is 4.74. The lowest BCUT2D eigenvalue weighted by Gasteiger charge is -2.19. The quantitative estimate of drug-likeness (QED) is 0.636. The fourth-order valence-electron chi connectivity index (χ4n) is 2.41. The number of halogens is 3. The molecule has 28 heavy (non-hydrogen) atoms. The van der Waals surface area contributed by atoms with Crippen molar-refractivity contribution in [3.8, 4) is 0 Å². The molecule has 12 heteroatoms. The molecule has 1 heterocycles. The van der Waals surface area contributed by atoms with E-state index in [1.807, 2.05) is 0 Å². The highest BCUT2D eigenvalue weighted by Crippen LogP contribution is 2.30. The number of alkyl halides is 3. The van der Waals surface area contributed by atoms with Gasteiger partial charge in [0.05, 0.1) is 6.42 Å². The summed E-state index contributed by atoms with van der Waals surface area (Å²) in [5.41, 5.74) is -6.98. The molecule has 0 fully saturated rings. The van der Waals surface area contributed by atoms with Crippen LogP contribution >= 0.6 is 0 Å². The zero-order valence-corrected chi connectivity index (χ0v) is 15.8. The summed E-state index contributed by atoms with van der Waals surface area (Å²) in [6.45, 7) is 4.84. The van der Waals surface area contributed by atoms with Crippen LogP contribution in [0.4, 0.5) is 18.9 Å². The molecule has 0 saturated carbocycles. The number of anilines is 1. The van der Waals surface area contributed by atoms with E-state index in [4.69, 9.17) is 4.74 Å². The molecule has 2 aromatic rings. The topological polar surface area (TPSA) is 126 Å². The maximum Gasteiger partial charge on any atom is 0.516 e. The summed E-state index contributed by atoms with van der Waals surface area (Å²) in [7, 11) is -5.66. The van der Waals surface area contributed by atoms with Crippen LogP contribution in [-0.4, -0.2) is 41.6 Å². The van der Waals surface area contributed by atoms with Crippen molar-refractivity contribution in [2.75, 3.05) is 4.72 Å². The molecule has 0 amide bonds. The highest BCUT2D eigenvalue weighted by atomic mass is 32.2. The highest BCUT2D eigenvalue weighted by Gasteiger charge is 2.46. The lowest BCUT2D eigenvalue weighted by Crippen LogP contribution is -2.29. The summed E-state index contributed by atoms with van der Waals surface area (Å²) in [6, 6.07) is 3.25. The molecule has 8 nitrogen and oxygen atoms in total. The number of esters is 1. The van der Waals surface area contributed by atoms with Gasteiger partial charge in [0, 0.05) is 22.2 Å². The van der Waals surface area contributed by atoms with Gasteiger partial charge in [0.25, 0.3) is 0 Å². The van der Waals surface area contributed by atoms with E-state index in [9.17, 15) is 36.3 Å². The Morgan fingerprint density at radius 3 is 2.32 bits per heavy atom. The van der Waals surface area contributed by atoms with Gasteiger partial charge in [-0.25, -0.2) is 4.79 Å². The van der Waals surface area contributed by atoms with E-state index in [1.54, 1.807) is 20.8 Å². The number of carbonyl (C=O) groups excluding carboxylic acids is 1. The maximum atomic E-state index is 12.6. The van der Waals surface area contributed by atoms with E-state index >= 15 is 0 Å². The highest BCUT2D eigenvalue weighted by molar-refractivity contribution is 7.93. The Kier molecular flexibility index (Phi) is 5.39. The molecule has 0 aliphatic rings. The Labute approximate surface area is 157 Å². The Balaban J connectivity index is 2.51. The summed E-state index contributed by atoms with van der Waals surface area (Å²) in [5, 5.41) is 9.41. The van der Waals surface area contributed by atoms with Crippen LogP contribution in [0.15, 0.2) is 18.2 Å². The molecule has 0 radical (unpaired) electrons. The van der Waals surface area contributed by atoms with E-state index in [0.717, 1.165) is 12.1 Å². The molecule has 3 N–H and O–H groups in total. The first-order valence-corrected chi connectivity index (χ1v) is 9.28. The minimum atomic E-state index is -5.66. The normalized spacial score (nSPS) is 12.8. The molecule has 0 unspecified atom stereocenters. The van der Waals surface area contributed by atoms with Crippen LogP contribution in [0.1, 0.15) is 36.8 Å². The van der Waals surface area contributed by atoms with Crippen LogP contribution in [0.2, 0.25) is 0 Å². The van der Waals surface area contributed by atoms with Gasteiger partial charge in [-0.15, -0.1) is 0 Å². The lowest BCUT2D eigenvalue weighted by atomic mass is 10.1. The number of carbonyl (C=O) groups is 2. The number of aromatic amines is 1. The second-order valence-corrected chi connectivity index (χ2v) is 8.53.